The van der Waals surface area contributed by atoms with Crippen molar-refractivity contribution < 1.29 is 9.66 Å². The third-order valence-electron chi connectivity index (χ3n) is 3.88. The first-order valence-corrected chi connectivity index (χ1v) is 7.18. The monoisotopic (exact) mass is 289 g/mol. The molecular formula is C15H15NO3S. The predicted octanol–water partition coefficient (Wildman–Crippen LogP) is 3.84. The first-order chi connectivity index (χ1) is 9.65. The molecule has 0 unspecified atom stereocenters. The maximum absolute atomic E-state index is 11.1. The van der Waals surface area contributed by atoms with Crippen molar-refractivity contribution in [2.75, 3.05) is 12.4 Å². The van der Waals surface area contributed by atoms with Crippen LogP contribution in [0, 0.1) is 15.5 Å². The van der Waals surface area contributed by atoms with Crippen LogP contribution < -0.4 is 4.74 Å². The van der Waals surface area contributed by atoms with E-state index in [1.54, 1.807) is 18.2 Å². The summed E-state index contributed by atoms with van der Waals surface area (Å²) in [5.41, 5.74) is 0.315. The van der Waals surface area contributed by atoms with Crippen LogP contribution in [-0.2, 0) is 0 Å². The molecule has 0 aliphatic heterocycles. The first-order valence-electron chi connectivity index (χ1n) is 6.55. The van der Waals surface area contributed by atoms with Gasteiger partial charge in [0.2, 0.25) is 0 Å². The summed E-state index contributed by atoms with van der Waals surface area (Å²) in [4.78, 5) is 10.7. The topological polar surface area (TPSA) is 52.4 Å². The minimum absolute atomic E-state index is 0.114. The van der Waals surface area contributed by atoms with Gasteiger partial charge in [0.25, 0.3) is 5.69 Å². The summed E-state index contributed by atoms with van der Waals surface area (Å²) in [5, 5.41) is 12.5. The summed E-state index contributed by atoms with van der Waals surface area (Å²) < 4.78 is 5.90. The molecule has 1 aliphatic rings. The Balaban J connectivity index is 1.96. The van der Waals surface area contributed by atoms with Gasteiger partial charge in [0.05, 0.1) is 16.9 Å². The highest BCUT2D eigenvalue weighted by Crippen LogP contribution is 2.47. The fourth-order valence-corrected chi connectivity index (χ4v) is 2.70. The second kappa shape index (κ2) is 4.98. The van der Waals surface area contributed by atoms with Gasteiger partial charge in [0, 0.05) is 16.9 Å². The molecule has 0 bridgehead atoms. The zero-order valence-electron chi connectivity index (χ0n) is 10.9. The number of rotatable bonds is 5. The standard InChI is InChI=1S/C15H15NO3S/c17-16(18)13-5-6-14(12-4-2-1-3-11(12)13)19-9-15(10-20)7-8-15/h1-6,20H,7-10H2. The SMILES string of the molecule is O=[N+]([O-])c1ccc(OCC2(CS)CC2)c2ccccc12. The molecule has 1 fully saturated rings. The van der Waals surface area contributed by atoms with Crippen LogP contribution in [0.4, 0.5) is 5.69 Å². The Morgan fingerprint density at radius 3 is 2.50 bits per heavy atom. The lowest BCUT2D eigenvalue weighted by atomic mass is 10.1. The number of non-ortho nitro benzene ring substituents is 1. The van der Waals surface area contributed by atoms with Gasteiger partial charge in [0.1, 0.15) is 5.75 Å². The average Bonchev–Trinajstić information content (AvgIpc) is 3.25. The Kier molecular flexibility index (Phi) is 3.30. The van der Waals surface area contributed by atoms with Crippen molar-refractivity contribution in [3.8, 4) is 5.75 Å². The number of fused-ring (bicyclic) bond motifs is 1. The lowest BCUT2D eigenvalue weighted by Crippen LogP contribution is -2.14. The highest BCUT2D eigenvalue weighted by atomic mass is 32.1. The Labute approximate surface area is 122 Å². The summed E-state index contributed by atoms with van der Waals surface area (Å²) in [6.07, 6.45) is 2.28. The van der Waals surface area contributed by atoms with Gasteiger partial charge in [-0.25, -0.2) is 0 Å². The van der Waals surface area contributed by atoms with Crippen molar-refractivity contribution in [3.63, 3.8) is 0 Å². The summed E-state index contributed by atoms with van der Waals surface area (Å²) in [5.74, 6) is 1.53. The highest BCUT2D eigenvalue weighted by molar-refractivity contribution is 7.80. The average molecular weight is 289 g/mol. The molecule has 0 N–H and O–H groups in total. The molecule has 0 radical (unpaired) electrons. The number of nitro groups is 1. The Morgan fingerprint density at radius 2 is 1.90 bits per heavy atom. The second-order valence-corrected chi connectivity index (χ2v) is 5.65. The minimum Gasteiger partial charge on any atom is -0.492 e. The van der Waals surface area contributed by atoms with E-state index in [9.17, 15) is 10.1 Å². The molecule has 5 heteroatoms. The van der Waals surface area contributed by atoms with Gasteiger partial charge in [0.15, 0.2) is 0 Å². The number of nitro benzene ring substituents is 1. The van der Waals surface area contributed by atoms with E-state index in [0.29, 0.717) is 17.7 Å². The molecule has 0 aromatic heterocycles. The minimum atomic E-state index is -0.359. The van der Waals surface area contributed by atoms with Crippen LogP contribution in [0.3, 0.4) is 0 Å². The summed E-state index contributed by atoms with van der Waals surface area (Å²) in [6, 6.07) is 10.5. The van der Waals surface area contributed by atoms with Gasteiger partial charge in [-0.15, -0.1) is 0 Å². The van der Waals surface area contributed by atoms with Crippen LogP contribution >= 0.6 is 12.6 Å². The zero-order chi connectivity index (χ0) is 14.2. The molecule has 2 aromatic rings. The third kappa shape index (κ3) is 2.33. The molecular weight excluding hydrogens is 274 g/mol. The van der Waals surface area contributed by atoms with Crippen molar-refractivity contribution >= 4 is 29.1 Å². The van der Waals surface area contributed by atoms with E-state index in [0.717, 1.165) is 24.0 Å². The Hall–Kier alpha value is -1.75. The molecule has 104 valence electrons. The number of hydrogen-bond donors (Lipinski definition) is 1. The Bertz CT molecular complexity index is 667. The van der Waals surface area contributed by atoms with E-state index in [4.69, 9.17) is 4.74 Å². The molecule has 0 amide bonds. The number of ether oxygens (including phenoxy) is 1. The molecule has 0 atom stereocenters. The van der Waals surface area contributed by atoms with Crippen molar-refractivity contribution in [1.29, 1.82) is 0 Å². The van der Waals surface area contributed by atoms with Gasteiger partial charge < -0.3 is 4.74 Å². The molecule has 0 saturated heterocycles. The van der Waals surface area contributed by atoms with Crippen LogP contribution in [0.15, 0.2) is 36.4 Å². The lowest BCUT2D eigenvalue weighted by molar-refractivity contribution is -0.383. The van der Waals surface area contributed by atoms with E-state index in [2.05, 4.69) is 12.6 Å². The van der Waals surface area contributed by atoms with E-state index in [-0.39, 0.29) is 16.0 Å². The highest BCUT2D eigenvalue weighted by Gasteiger charge is 2.42. The fraction of sp³-hybridized carbons (Fsp3) is 0.333. The van der Waals surface area contributed by atoms with Gasteiger partial charge in [-0.1, -0.05) is 18.2 Å². The molecule has 4 nitrogen and oxygen atoms in total. The van der Waals surface area contributed by atoms with Crippen LogP contribution in [-0.4, -0.2) is 17.3 Å². The van der Waals surface area contributed by atoms with Gasteiger partial charge >= 0.3 is 0 Å². The van der Waals surface area contributed by atoms with E-state index in [1.165, 1.54) is 6.07 Å². The third-order valence-corrected chi connectivity index (χ3v) is 4.55. The van der Waals surface area contributed by atoms with Gasteiger partial charge in [-0.05, 0) is 30.7 Å². The van der Waals surface area contributed by atoms with Crippen molar-refractivity contribution in [2.45, 2.75) is 12.8 Å². The number of benzene rings is 2. The second-order valence-electron chi connectivity index (χ2n) is 5.33. The summed E-state index contributed by atoms with van der Waals surface area (Å²) in [7, 11) is 0. The summed E-state index contributed by atoms with van der Waals surface area (Å²) >= 11 is 4.36. The van der Waals surface area contributed by atoms with Crippen LogP contribution in [0.25, 0.3) is 10.8 Å². The lowest BCUT2D eigenvalue weighted by Gasteiger charge is -2.15. The van der Waals surface area contributed by atoms with Gasteiger partial charge in [-0.2, -0.15) is 12.6 Å². The van der Waals surface area contributed by atoms with Crippen LogP contribution in [0.1, 0.15) is 12.8 Å². The smallest absolute Gasteiger partial charge is 0.277 e. The molecule has 20 heavy (non-hydrogen) atoms. The number of nitrogens with zero attached hydrogens (tertiary/aromatic N) is 1. The first kappa shape index (κ1) is 13.2. The molecule has 0 heterocycles. The fourth-order valence-electron chi connectivity index (χ4n) is 2.30. The molecule has 1 saturated carbocycles. The maximum atomic E-state index is 11.1. The maximum Gasteiger partial charge on any atom is 0.277 e. The molecule has 0 spiro atoms. The van der Waals surface area contributed by atoms with Crippen molar-refractivity contribution in [1.82, 2.24) is 0 Å². The van der Waals surface area contributed by atoms with Crippen LogP contribution in [0.2, 0.25) is 0 Å². The number of hydrogen-bond acceptors (Lipinski definition) is 4. The Morgan fingerprint density at radius 1 is 1.20 bits per heavy atom. The van der Waals surface area contributed by atoms with E-state index < -0.39 is 0 Å². The van der Waals surface area contributed by atoms with Crippen molar-refractivity contribution in [3.05, 3.63) is 46.5 Å². The van der Waals surface area contributed by atoms with Crippen molar-refractivity contribution in [2.24, 2.45) is 5.41 Å². The molecule has 3 rings (SSSR count). The van der Waals surface area contributed by atoms with E-state index >= 15 is 0 Å². The predicted molar refractivity (Wildman–Crippen MR) is 81.6 cm³/mol. The summed E-state index contributed by atoms with van der Waals surface area (Å²) in [6.45, 7) is 0.623. The largest absolute Gasteiger partial charge is 0.492 e. The normalized spacial score (nSPS) is 16.1. The zero-order valence-corrected chi connectivity index (χ0v) is 11.8. The molecule has 2 aromatic carbocycles. The quantitative estimate of drug-likeness (QED) is 0.517. The van der Waals surface area contributed by atoms with Crippen LogP contribution in [0.5, 0.6) is 5.75 Å². The van der Waals surface area contributed by atoms with E-state index in [1.807, 2.05) is 12.1 Å². The molecule has 1 aliphatic carbocycles. The van der Waals surface area contributed by atoms with Gasteiger partial charge in [-0.3, -0.25) is 10.1 Å². The number of thiol groups is 1.